The molecule has 0 saturated carbocycles. The van der Waals surface area contributed by atoms with Crippen LogP contribution < -0.4 is 11.1 Å². The minimum Gasteiger partial charge on any atom is -0.396 e. The lowest BCUT2D eigenvalue weighted by Gasteiger charge is -2.13. The van der Waals surface area contributed by atoms with E-state index in [1.165, 1.54) is 40.2 Å². The molecule has 0 amide bonds. The summed E-state index contributed by atoms with van der Waals surface area (Å²) >= 11 is 0. The van der Waals surface area contributed by atoms with Gasteiger partial charge in [-0.3, -0.25) is 0 Å². The molecular weight excluding hydrogens is 375 g/mol. The van der Waals surface area contributed by atoms with Crippen LogP contribution in [0.4, 0.5) is 30.4 Å². The maximum Gasteiger partial charge on any atom is 0.416 e. The summed E-state index contributed by atoms with van der Waals surface area (Å²) < 4.78 is 42.3. The number of nitrogens with one attached hydrogen (secondary N) is 1. The number of nitrogen functional groups attached to an aromatic ring is 1. The number of hydrogen-bond donors (Lipinski definition) is 2. The lowest BCUT2D eigenvalue weighted by atomic mass is 10.1. The number of imidazole rings is 1. The highest BCUT2D eigenvalue weighted by Gasteiger charge is 2.31. The van der Waals surface area contributed by atoms with Gasteiger partial charge in [0.15, 0.2) is 17.2 Å². The number of nitrogens with two attached hydrogens (primary N) is 1. The van der Waals surface area contributed by atoms with Crippen molar-refractivity contribution >= 4 is 22.8 Å². The summed E-state index contributed by atoms with van der Waals surface area (Å²) in [6.45, 7) is 0. The van der Waals surface area contributed by atoms with Crippen molar-refractivity contribution in [2.75, 3.05) is 11.1 Å². The van der Waals surface area contributed by atoms with Crippen molar-refractivity contribution in [2.45, 2.75) is 6.18 Å². The van der Waals surface area contributed by atoms with Gasteiger partial charge in [0.05, 0.1) is 23.1 Å². The molecule has 3 N–H and O–H groups in total. The summed E-state index contributed by atoms with van der Waals surface area (Å²) in [4.78, 5) is 7.73. The average molecular weight is 385 g/mol. The molecule has 3 aromatic heterocycles. The van der Waals surface area contributed by atoms with Gasteiger partial charge in [-0.15, -0.1) is 5.10 Å². The Hall–Kier alpha value is -4.14. The lowest BCUT2D eigenvalue weighted by molar-refractivity contribution is -0.137. The van der Waals surface area contributed by atoms with Gasteiger partial charge in [-0.05, 0) is 18.2 Å². The maximum absolute atomic E-state index is 13.3. The third-order valence-corrected chi connectivity index (χ3v) is 3.81. The Morgan fingerprint density at radius 2 is 2.00 bits per heavy atom. The number of anilines is 3. The molecular formula is C16H10F3N9. The van der Waals surface area contributed by atoms with Crippen molar-refractivity contribution in [3.63, 3.8) is 0 Å². The smallest absolute Gasteiger partial charge is 0.396 e. The summed E-state index contributed by atoms with van der Waals surface area (Å²) in [5.74, 6) is 0.142. The fraction of sp³-hybridized carbons (Fsp3) is 0.0625. The molecule has 0 aliphatic rings. The Morgan fingerprint density at radius 1 is 1.18 bits per heavy atom. The van der Waals surface area contributed by atoms with E-state index in [0.29, 0.717) is 0 Å². The van der Waals surface area contributed by atoms with E-state index in [0.717, 1.165) is 12.1 Å². The maximum atomic E-state index is 13.3. The van der Waals surface area contributed by atoms with E-state index >= 15 is 0 Å². The molecule has 0 aliphatic heterocycles. The first-order valence-corrected chi connectivity index (χ1v) is 7.74. The molecule has 4 rings (SSSR count). The Morgan fingerprint density at radius 3 is 2.68 bits per heavy atom. The monoisotopic (exact) mass is 385 g/mol. The standard InChI is InChI=1S/C16H10F3N9/c17-16(18,19)9-1-10(3-11(2-9)27-8-22-7-24-27)25-14-4-13(21)15-23-6-12(5-20)28(15)26-14/h1-4,6-8H,21H2,(H,25,26). The van der Waals surface area contributed by atoms with E-state index in [2.05, 4.69) is 25.5 Å². The van der Waals surface area contributed by atoms with Gasteiger partial charge in [0, 0.05) is 11.8 Å². The zero-order chi connectivity index (χ0) is 19.9. The van der Waals surface area contributed by atoms with Gasteiger partial charge >= 0.3 is 6.18 Å². The number of fused-ring (bicyclic) bond motifs is 1. The number of nitrogens with zero attached hydrogens (tertiary/aromatic N) is 7. The predicted molar refractivity (Wildman–Crippen MR) is 91.8 cm³/mol. The molecule has 0 atom stereocenters. The van der Waals surface area contributed by atoms with Crippen LogP contribution in [0.2, 0.25) is 0 Å². The second-order valence-corrected chi connectivity index (χ2v) is 5.71. The highest BCUT2D eigenvalue weighted by Crippen LogP contribution is 2.33. The molecule has 28 heavy (non-hydrogen) atoms. The predicted octanol–water partition coefficient (Wildman–Crippen LogP) is 2.53. The van der Waals surface area contributed by atoms with Crippen molar-refractivity contribution < 1.29 is 13.2 Å². The van der Waals surface area contributed by atoms with Gasteiger partial charge in [0.1, 0.15) is 18.7 Å². The van der Waals surface area contributed by atoms with E-state index in [1.54, 1.807) is 0 Å². The van der Waals surface area contributed by atoms with Crippen LogP contribution in [0.3, 0.4) is 0 Å². The molecule has 0 saturated heterocycles. The molecule has 1 aromatic carbocycles. The second kappa shape index (κ2) is 6.23. The summed E-state index contributed by atoms with van der Waals surface area (Å²) in [5.41, 5.74) is 5.91. The summed E-state index contributed by atoms with van der Waals surface area (Å²) in [6.07, 6.45) is -0.768. The van der Waals surface area contributed by atoms with Gasteiger partial charge in [-0.25, -0.2) is 14.6 Å². The minimum absolute atomic E-state index is 0.102. The normalized spacial score (nSPS) is 11.5. The van der Waals surface area contributed by atoms with E-state index < -0.39 is 11.7 Å². The number of halogens is 3. The molecule has 9 nitrogen and oxygen atoms in total. The molecule has 0 bridgehead atoms. The van der Waals surface area contributed by atoms with Gasteiger partial charge < -0.3 is 11.1 Å². The molecule has 4 aromatic rings. The largest absolute Gasteiger partial charge is 0.416 e. The van der Waals surface area contributed by atoms with E-state index in [4.69, 9.17) is 11.0 Å². The van der Waals surface area contributed by atoms with Gasteiger partial charge in [0.2, 0.25) is 0 Å². The number of aromatic nitrogens is 6. The molecule has 0 unspecified atom stereocenters. The summed E-state index contributed by atoms with van der Waals surface area (Å²) in [7, 11) is 0. The zero-order valence-electron chi connectivity index (χ0n) is 13.9. The van der Waals surface area contributed by atoms with Crippen LogP contribution >= 0.6 is 0 Å². The lowest BCUT2D eigenvalue weighted by Crippen LogP contribution is -2.09. The van der Waals surface area contributed by atoms with Gasteiger partial charge in [-0.2, -0.15) is 28.0 Å². The van der Waals surface area contributed by atoms with Crippen LogP contribution in [0.1, 0.15) is 11.3 Å². The van der Waals surface area contributed by atoms with Crippen LogP contribution in [0.5, 0.6) is 0 Å². The number of nitriles is 1. The van der Waals surface area contributed by atoms with Crippen LogP contribution in [-0.2, 0) is 6.18 Å². The molecule has 140 valence electrons. The van der Waals surface area contributed by atoms with Gasteiger partial charge in [-0.1, -0.05) is 0 Å². The highest BCUT2D eigenvalue weighted by atomic mass is 19.4. The van der Waals surface area contributed by atoms with Crippen LogP contribution in [0.15, 0.2) is 43.1 Å². The Kier molecular flexibility index (Phi) is 3.85. The van der Waals surface area contributed by atoms with Crippen LogP contribution in [0.25, 0.3) is 11.3 Å². The third kappa shape index (κ3) is 3.05. The average Bonchev–Trinajstić information content (AvgIpc) is 3.30. The summed E-state index contributed by atoms with van der Waals surface area (Å²) in [5, 5.41) is 19.9. The fourth-order valence-electron chi connectivity index (χ4n) is 2.60. The SMILES string of the molecule is N#Cc1cnc2c(N)cc(Nc3cc(-n4cncn4)cc(C(F)(F)F)c3)nn12. The molecule has 0 fully saturated rings. The van der Waals surface area contributed by atoms with Crippen molar-refractivity contribution in [2.24, 2.45) is 0 Å². The van der Waals surface area contributed by atoms with E-state index in [-0.39, 0.29) is 34.2 Å². The zero-order valence-corrected chi connectivity index (χ0v) is 13.9. The molecule has 0 aliphatic carbocycles. The Labute approximate surface area is 154 Å². The number of rotatable bonds is 3. The van der Waals surface area contributed by atoms with Crippen LogP contribution in [0, 0.1) is 11.3 Å². The second-order valence-electron chi connectivity index (χ2n) is 5.71. The summed E-state index contributed by atoms with van der Waals surface area (Å²) in [6, 6.07) is 6.66. The van der Waals surface area contributed by atoms with Gasteiger partial charge in [0.25, 0.3) is 0 Å². The third-order valence-electron chi connectivity index (χ3n) is 3.81. The molecule has 0 radical (unpaired) electrons. The van der Waals surface area contributed by atoms with Crippen molar-refractivity contribution in [1.82, 2.24) is 29.4 Å². The quantitative estimate of drug-likeness (QED) is 0.555. The first-order chi connectivity index (χ1) is 13.3. The number of alkyl halides is 3. The molecule has 0 spiro atoms. The van der Waals surface area contributed by atoms with Crippen molar-refractivity contribution in [3.8, 4) is 11.8 Å². The Balaban J connectivity index is 1.80. The number of benzene rings is 1. The topological polar surface area (TPSA) is 123 Å². The first kappa shape index (κ1) is 17.3. The molecule has 3 heterocycles. The van der Waals surface area contributed by atoms with E-state index in [9.17, 15) is 13.2 Å². The van der Waals surface area contributed by atoms with Crippen LogP contribution in [-0.4, -0.2) is 29.4 Å². The fourth-order valence-corrected chi connectivity index (χ4v) is 2.60. The minimum atomic E-state index is -4.57. The highest BCUT2D eigenvalue weighted by molar-refractivity contribution is 5.71. The van der Waals surface area contributed by atoms with Crippen molar-refractivity contribution in [1.29, 1.82) is 5.26 Å². The first-order valence-electron chi connectivity index (χ1n) is 7.74. The number of hydrogen-bond acceptors (Lipinski definition) is 7. The van der Waals surface area contributed by atoms with E-state index in [1.807, 2.05) is 6.07 Å². The Bertz CT molecular complexity index is 1200. The van der Waals surface area contributed by atoms with Crippen molar-refractivity contribution in [3.05, 3.63) is 54.4 Å². The molecule has 12 heteroatoms.